The number of nitrogens with zero attached hydrogens (tertiary/aromatic N) is 4. The highest BCUT2D eigenvalue weighted by atomic mass is 16.5. The average molecular weight is 362 g/mol. The molecule has 1 aliphatic rings. The van der Waals surface area contributed by atoms with Crippen LogP contribution in [0.5, 0.6) is 0 Å². The standard InChI is InChI=1S/C21H22N4O2/c1-24(15-18-8-6-16-4-2-3-5-19(16)23-18)21(26)17-7-9-20(22-14-17)25-10-12-27-13-11-25/h2-9,14H,10-13,15H2,1H3. The van der Waals surface area contributed by atoms with Crippen molar-refractivity contribution >= 4 is 22.6 Å². The van der Waals surface area contributed by atoms with Gasteiger partial charge in [0.05, 0.1) is 36.5 Å². The van der Waals surface area contributed by atoms with E-state index >= 15 is 0 Å². The molecule has 1 fully saturated rings. The van der Waals surface area contributed by atoms with Gasteiger partial charge in [-0.15, -0.1) is 0 Å². The Kier molecular flexibility index (Phi) is 4.98. The number of morpholine rings is 1. The van der Waals surface area contributed by atoms with E-state index in [9.17, 15) is 4.79 Å². The third-order valence-electron chi connectivity index (χ3n) is 4.73. The number of pyridine rings is 2. The molecule has 0 saturated carbocycles. The lowest BCUT2D eigenvalue weighted by Gasteiger charge is -2.27. The summed E-state index contributed by atoms with van der Waals surface area (Å²) in [5, 5.41) is 1.10. The van der Waals surface area contributed by atoms with Crippen LogP contribution in [0.15, 0.2) is 54.7 Å². The van der Waals surface area contributed by atoms with E-state index < -0.39 is 0 Å². The second kappa shape index (κ2) is 7.72. The number of hydrogen-bond acceptors (Lipinski definition) is 5. The molecule has 27 heavy (non-hydrogen) atoms. The maximum absolute atomic E-state index is 12.7. The first kappa shape index (κ1) is 17.4. The van der Waals surface area contributed by atoms with Crippen molar-refractivity contribution in [2.45, 2.75) is 6.54 Å². The molecule has 6 heteroatoms. The Balaban J connectivity index is 1.44. The van der Waals surface area contributed by atoms with E-state index in [1.165, 1.54) is 0 Å². The number of hydrogen-bond donors (Lipinski definition) is 0. The van der Waals surface area contributed by atoms with Gasteiger partial charge < -0.3 is 14.5 Å². The van der Waals surface area contributed by atoms with Gasteiger partial charge in [-0.05, 0) is 24.3 Å². The van der Waals surface area contributed by atoms with Crippen LogP contribution >= 0.6 is 0 Å². The van der Waals surface area contributed by atoms with Gasteiger partial charge in [-0.2, -0.15) is 0 Å². The molecule has 1 saturated heterocycles. The van der Waals surface area contributed by atoms with E-state index in [0.717, 1.165) is 35.5 Å². The number of rotatable bonds is 4. The Hall–Kier alpha value is -2.99. The molecule has 138 valence electrons. The minimum Gasteiger partial charge on any atom is -0.378 e. The molecular formula is C21H22N4O2. The van der Waals surface area contributed by atoms with Crippen LogP contribution in [-0.4, -0.2) is 54.1 Å². The molecule has 0 bridgehead atoms. The second-order valence-corrected chi connectivity index (χ2v) is 6.66. The van der Waals surface area contributed by atoms with Gasteiger partial charge in [0.15, 0.2) is 0 Å². The maximum Gasteiger partial charge on any atom is 0.255 e. The quantitative estimate of drug-likeness (QED) is 0.714. The number of benzene rings is 1. The Morgan fingerprint density at radius 2 is 1.93 bits per heavy atom. The van der Waals surface area contributed by atoms with Crippen LogP contribution in [0.25, 0.3) is 10.9 Å². The van der Waals surface area contributed by atoms with Gasteiger partial charge in [-0.3, -0.25) is 9.78 Å². The Bertz CT molecular complexity index is 936. The zero-order valence-electron chi connectivity index (χ0n) is 15.3. The number of carbonyl (C=O) groups is 1. The number of fused-ring (bicyclic) bond motifs is 1. The molecule has 0 aliphatic carbocycles. The van der Waals surface area contributed by atoms with Gasteiger partial charge in [0, 0.05) is 31.7 Å². The van der Waals surface area contributed by atoms with E-state index in [2.05, 4.69) is 14.9 Å². The summed E-state index contributed by atoms with van der Waals surface area (Å²) >= 11 is 0. The summed E-state index contributed by atoms with van der Waals surface area (Å²) in [7, 11) is 1.79. The SMILES string of the molecule is CN(Cc1ccc2ccccc2n1)C(=O)c1ccc(N2CCOCC2)nc1. The number of aromatic nitrogens is 2. The molecule has 0 spiro atoms. The van der Waals surface area contributed by atoms with Crippen molar-refractivity contribution in [3.8, 4) is 0 Å². The van der Waals surface area contributed by atoms with Crippen LogP contribution in [0.1, 0.15) is 16.1 Å². The first-order chi connectivity index (χ1) is 13.2. The number of para-hydroxylation sites is 1. The van der Waals surface area contributed by atoms with Gasteiger partial charge in [-0.25, -0.2) is 4.98 Å². The third kappa shape index (κ3) is 3.90. The lowest BCUT2D eigenvalue weighted by atomic mass is 10.2. The van der Waals surface area contributed by atoms with Gasteiger partial charge in [0.25, 0.3) is 5.91 Å². The van der Waals surface area contributed by atoms with Crippen molar-refractivity contribution in [1.29, 1.82) is 0 Å². The van der Waals surface area contributed by atoms with Gasteiger partial charge in [0.1, 0.15) is 5.82 Å². The first-order valence-corrected chi connectivity index (χ1v) is 9.09. The molecule has 1 aromatic carbocycles. The number of carbonyl (C=O) groups excluding carboxylic acids is 1. The van der Waals surface area contributed by atoms with Crippen molar-refractivity contribution in [2.75, 3.05) is 38.3 Å². The molecule has 0 N–H and O–H groups in total. The maximum atomic E-state index is 12.7. The van der Waals surface area contributed by atoms with Crippen LogP contribution in [0.4, 0.5) is 5.82 Å². The Labute approximate surface area is 158 Å². The van der Waals surface area contributed by atoms with Crippen molar-refractivity contribution in [3.63, 3.8) is 0 Å². The summed E-state index contributed by atoms with van der Waals surface area (Å²) in [6.45, 7) is 3.53. The van der Waals surface area contributed by atoms with Gasteiger partial charge in [0.2, 0.25) is 0 Å². The number of anilines is 1. The highest BCUT2D eigenvalue weighted by Gasteiger charge is 2.16. The minimum absolute atomic E-state index is 0.0639. The highest BCUT2D eigenvalue weighted by molar-refractivity contribution is 5.94. The Morgan fingerprint density at radius 3 is 2.70 bits per heavy atom. The molecule has 2 aromatic heterocycles. The Morgan fingerprint density at radius 1 is 1.11 bits per heavy atom. The highest BCUT2D eigenvalue weighted by Crippen LogP contribution is 2.16. The van der Waals surface area contributed by atoms with Crippen LogP contribution < -0.4 is 4.90 Å². The fourth-order valence-corrected chi connectivity index (χ4v) is 3.22. The predicted octanol–water partition coefficient (Wildman–Crippen LogP) is 2.74. The van der Waals surface area contributed by atoms with E-state index in [4.69, 9.17) is 4.74 Å². The molecule has 0 radical (unpaired) electrons. The largest absolute Gasteiger partial charge is 0.378 e. The van der Waals surface area contributed by atoms with E-state index in [1.807, 2.05) is 48.5 Å². The van der Waals surface area contributed by atoms with Gasteiger partial charge in [-0.1, -0.05) is 24.3 Å². The summed E-state index contributed by atoms with van der Waals surface area (Å²) in [5.41, 5.74) is 2.38. The summed E-state index contributed by atoms with van der Waals surface area (Å²) in [5.74, 6) is 0.819. The predicted molar refractivity (Wildman–Crippen MR) is 105 cm³/mol. The lowest BCUT2D eigenvalue weighted by Crippen LogP contribution is -2.36. The molecule has 6 nitrogen and oxygen atoms in total. The monoisotopic (exact) mass is 362 g/mol. The molecule has 0 unspecified atom stereocenters. The van der Waals surface area contributed by atoms with Crippen LogP contribution in [0, 0.1) is 0 Å². The molecule has 1 amide bonds. The van der Waals surface area contributed by atoms with Crippen LogP contribution in [0.2, 0.25) is 0 Å². The molecule has 3 aromatic rings. The first-order valence-electron chi connectivity index (χ1n) is 9.09. The molecular weight excluding hydrogens is 340 g/mol. The summed E-state index contributed by atoms with van der Waals surface area (Å²) in [4.78, 5) is 25.7. The molecule has 4 rings (SSSR count). The van der Waals surface area contributed by atoms with Crippen molar-refractivity contribution in [3.05, 3.63) is 66.0 Å². The van der Waals surface area contributed by atoms with Crippen molar-refractivity contribution in [2.24, 2.45) is 0 Å². The summed E-state index contributed by atoms with van der Waals surface area (Å²) < 4.78 is 5.36. The van der Waals surface area contributed by atoms with Crippen molar-refractivity contribution in [1.82, 2.24) is 14.9 Å². The second-order valence-electron chi connectivity index (χ2n) is 6.66. The van der Waals surface area contributed by atoms with Crippen molar-refractivity contribution < 1.29 is 9.53 Å². The van der Waals surface area contributed by atoms with E-state index in [-0.39, 0.29) is 5.91 Å². The average Bonchev–Trinajstić information content (AvgIpc) is 2.74. The summed E-state index contributed by atoms with van der Waals surface area (Å²) in [6, 6.07) is 15.7. The molecule has 0 atom stereocenters. The number of amides is 1. The minimum atomic E-state index is -0.0639. The molecule has 1 aliphatic heterocycles. The normalized spacial score (nSPS) is 14.3. The molecule has 3 heterocycles. The van der Waals surface area contributed by atoms with Crippen LogP contribution in [0.3, 0.4) is 0 Å². The fourth-order valence-electron chi connectivity index (χ4n) is 3.22. The fraction of sp³-hybridized carbons (Fsp3) is 0.286. The third-order valence-corrected chi connectivity index (χ3v) is 4.73. The topological polar surface area (TPSA) is 58.6 Å². The number of ether oxygens (including phenoxy) is 1. The smallest absolute Gasteiger partial charge is 0.255 e. The van der Waals surface area contributed by atoms with Gasteiger partial charge >= 0.3 is 0 Å². The summed E-state index contributed by atoms with van der Waals surface area (Å²) in [6.07, 6.45) is 1.65. The van der Waals surface area contributed by atoms with E-state index in [0.29, 0.717) is 25.3 Å². The zero-order chi connectivity index (χ0) is 18.6. The zero-order valence-corrected chi connectivity index (χ0v) is 15.3. The lowest BCUT2D eigenvalue weighted by molar-refractivity contribution is 0.0783. The van der Waals surface area contributed by atoms with Crippen LogP contribution in [-0.2, 0) is 11.3 Å². The van der Waals surface area contributed by atoms with E-state index in [1.54, 1.807) is 18.1 Å².